The highest BCUT2D eigenvalue weighted by molar-refractivity contribution is 5.64. The van der Waals surface area contributed by atoms with Gasteiger partial charge < -0.3 is 5.11 Å². The van der Waals surface area contributed by atoms with Crippen molar-refractivity contribution in [2.75, 3.05) is 0 Å². The summed E-state index contributed by atoms with van der Waals surface area (Å²) in [5.41, 5.74) is 0.305. The quantitative estimate of drug-likeness (QED) is 0.664. The number of alkyl halides is 1. The van der Waals surface area contributed by atoms with Crippen LogP contribution in [-0.2, 0) is 0 Å². The predicted octanol–water partition coefficient (Wildman–Crippen LogP) is 1.92. The average molecular weight is 169 g/mol. The lowest BCUT2D eigenvalue weighted by Gasteiger charge is -2.06. The smallest absolute Gasteiger partial charge is 0.407 e. The zero-order valence-corrected chi connectivity index (χ0v) is 6.20. The Labute approximate surface area is 68.8 Å². The first-order valence-electron chi connectivity index (χ1n) is 3.38. The Morgan fingerprint density at radius 1 is 1.42 bits per heavy atom. The van der Waals surface area contributed by atoms with Gasteiger partial charge in [0.15, 0.2) is 0 Å². The first kappa shape index (κ1) is 8.52. The van der Waals surface area contributed by atoms with E-state index in [-0.39, 0.29) is 0 Å². The zero-order chi connectivity index (χ0) is 8.97. The summed E-state index contributed by atoms with van der Waals surface area (Å²) >= 11 is 0. The molecule has 0 aliphatic carbocycles. The van der Waals surface area contributed by atoms with Crippen LogP contribution in [0.3, 0.4) is 0 Å². The van der Waals surface area contributed by atoms with Gasteiger partial charge in [0.05, 0.1) is 0 Å². The molecule has 12 heavy (non-hydrogen) atoms. The number of nitrogens with one attached hydrogen (secondary N) is 1. The first-order chi connectivity index (χ1) is 5.70. The van der Waals surface area contributed by atoms with E-state index in [1.54, 1.807) is 23.5 Å². The Hall–Kier alpha value is -1.58. The maximum atomic E-state index is 12.9. The average Bonchev–Trinajstić information content (AvgIpc) is 2.05. The molecule has 1 unspecified atom stereocenters. The number of rotatable bonds is 2. The number of carboxylic acid groups (broad SMARTS) is 1. The van der Waals surface area contributed by atoms with Gasteiger partial charge in [-0.15, -0.1) is 0 Å². The number of amides is 1. The molecule has 1 amide bonds. The molecule has 3 nitrogen and oxygen atoms in total. The minimum atomic E-state index is -1.65. The third kappa shape index (κ3) is 2.23. The molecule has 0 aliphatic rings. The highest BCUT2D eigenvalue weighted by Crippen LogP contribution is 2.12. The van der Waals surface area contributed by atoms with Crippen LogP contribution >= 0.6 is 0 Å². The van der Waals surface area contributed by atoms with Crippen molar-refractivity contribution < 1.29 is 14.3 Å². The molecule has 0 saturated heterocycles. The van der Waals surface area contributed by atoms with Gasteiger partial charge in [0.2, 0.25) is 6.30 Å². The van der Waals surface area contributed by atoms with Gasteiger partial charge in [0.1, 0.15) is 0 Å². The van der Waals surface area contributed by atoms with Crippen LogP contribution in [0.25, 0.3) is 0 Å². The van der Waals surface area contributed by atoms with Crippen molar-refractivity contribution in [2.45, 2.75) is 6.30 Å². The molecule has 4 heteroatoms. The van der Waals surface area contributed by atoms with E-state index < -0.39 is 12.4 Å². The van der Waals surface area contributed by atoms with Gasteiger partial charge >= 0.3 is 6.09 Å². The molecule has 0 saturated carbocycles. The molecule has 0 fully saturated rings. The molecule has 0 heterocycles. The van der Waals surface area contributed by atoms with Crippen LogP contribution in [0.15, 0.2) is 30.3 Å². The topological polar surface area (TPSA) is 49.3 Å². The fourth-order valence-corrected chi connectivity index (χ4v) is 0.814. The minimum absolute atomic E-state index is 0.305. The van der Waals surface area contributed by atoms with Crippen LogP contribution in [0.2, 0.25) is 0 Å². The van der Waals surface area contributed by atoms with Crippen LogP contribution < -0.4 is 5.32 Å². The molecule has 1 aromatic rings. The van der Waals surface area contributed by atoms with E-state index in [2.05, 4.69) is 0 Å². The highest BCUT2D eigenvalue weighted by Gasteiger charge is 2.10. The Morgan fingerprint density at radius 3 is 2.50 bits per heavy atom. The highest BCUT2D eigenvalue weighted by atomic mass is 19.1. The second-order valence-corrected chi connectivity index (χ2v) is 2.22. The second kappa shape index (κ2) is 3.71. The lowest BCUT2D eigenvalue weighted by atomic mass is 10.2. The fourth-order valence-electron chi connectivity index (χ4n) is 0.814. The number of benzene rings is 1. The van der Waals surface area contributed by atoms with Crippen molar-refractivity contribution in [3.05, 3.63) is 35.9 Å². The van der Waals surface area contributed by atoms with E-state index in [9.17, 15) is 9.18 Å². The van der Waals surface area contributed by atoms with Gasteiger partial charge in [-0.1, -0.05) is 30.3 Å². The van der Waals surface area contributed by atoms with E-state index in [1.807, 2.05) is 0 Å². The normalized spacial score (nSPS) is 12.1. The van der Waals surface area contributed by atoms with E-state index in [4.69, 9.17) is 5.11 Å². The van der Waals surface area contributed by atoms with Crippen LogP contribution in [0.1, 0.15) is 11.9 Å². The molecule has 0 aromatic heterocycles. The summed E-state index contributed by atoms with van der Waals surface area (Å²) in [5.74, 6) is 0. The Bertz CT molecular complexity index is 263. The van der Waals surface area contributed by atoms with E-state index in [0.717, 1.165) is 0 Å². The molecule has 0 aliphatic heterocycles. The molecule has 0 bridgehead atoms. The van der Waals surface area contributed by atoms with E-state index >= 15 is 0 Å². The minimum Gasteiger partial charge on any atom is -0.465 e. The van der Waals surface area contributed by atoms with Crippen molar-refractivity contribution in [3.63, 3.8) is 0 Å². The predicted molar refractivity (Wildman–Crippen MR) is 41.5 cm³/mol. The SMILES string of the molecule is O=C(O)NC(F)c1ccccc1. The molecule has 1 rings (SSSR count). The Balaban J connectivity index is 2.65. The maximum absolute atomic E-state index is 12.9. The van der Waals surface area contributed by atoms with Crippen molar-refractivity contribution >= 4 is 6.09 Å². The first-order valence-corrected chi connectivity index (χ1v) is 3.38. The molecule has 64 valence electrons. The molecule has 1 atom stereocenters. The van der Waals surface area contributed by atoms with Gasteiger partial charge in [-0.2, -0.15) is 0 Å². The van der Waals surface area contributed by atoms with Gasteiger partial charge in [0.25, 0.3) is 0 Å². The van der Waals surface area contributed by atoms with Crippen LogP contribution in [0.5, 0.6) is 0 Å². The van der Waals surface area contributed by atoms with E-state index in [1.165, 1.54) is 12.1 Å². The van der Waals surface area contributed by atoms with Crippen molar-refractivity contribution in [1.29, 1.82) is 0 Å². The molecular formula is C8H8FNO2. The summed E-state index contributed by atoms with van der Waals surface area (Å²) in [6.07, 6.45) is -3.02. The summed E-state index contributed by atoms with van der Waals surface area (Å²) in [7, 11) is 0. The monoisotopic (exact) mass is 169 g/mol. The summed E-state index contributed by atoms with van der Waals surface area (Å²) in [6, 6.07) is 8.05. The number of hydrogen-bond acceptors (Lipinski definition) is 1. The van der Waals surface area contributed by atoms with Crippen molar-refractivity contribution in [2.24, 2.45) is 0 Å². The molecule has 0 spiro atoms. The van der Waals surface area contributed by atoms with Crippen LogP contribution in [0, 0.1) is 0 Å². The fraction of sp³-hybridized carbons (Fsp3) is 0.125. The Morgan fingerprint density at radius 2 is 2.00 bits per heavy atom. The van der Waals surface area contributed by atoms with Crippen LogP contribution in [-0.4, -0.2) is 11.2 Å². The van der Waals surface area contributed by atoms with Gasteiger partial charge in [-0.05, 0) is 0 Å². The summed E-state index contributed by atoms with van der Waals surface area (Å²) in [5, 5.41) is 9.90. The number of hydrogen-bond donors (Lipinski definition) is 2. The van der Waals surface area contributed by atoms with Gasteiger partial charge in [-0.3, -0.25) is 5.32 Å². The largest absolute Gasteiger partial charge is 0.465 e. The standard InChI is InChI=1S/C8H8FNO2/c9-7(10-8(11)12)6-4-2-1-3-5-6/h1-5,7,10H,(H,11,12). The summed E-state index contributed by atoms with van der Waals surface area (Å²) in [6.45, 7) is 0. The van der Waals surface area contributed by atoms with Gasteiger partial charge in [0, 0.05) is 5.56 Å². The molecule has 1 aromatic carbocycles. The summed E-state index contributed by atoms with van der Waals surface area (Å²) in [4.78, 5) is 10.0. The third-order valence-electron chi connectivity index (χ3n) is 1.34. The maximum Gasteiger partial charge on any atom is 0.407 e. The molecular weight excluding hydrogens is 161 g/mol. The molecule has 2 N–H and O–H groups in total. The lowest BCUT2D eigenvalue weighted by molar-refractivity contribution is 0.173. The van der Waals surface area contributed by atoms with Crippen LogP contribution in [0.4, 0.5) is 9.18 Å². The number of carbonyl (C=O) groups is 1. The Kier molecular flexibility index (Phi) is 2.63. The zero-order valence-electron chi connectivity index (χ0n) is 6.20. The van der Waals surface area contributed by atoms with E-state index in [0.29, 0.717) is 5.56 Å². The summed E-state index contributed by atoms with van der Waals surface area (Å²) < 4.78 is 12.9. The van der Waals surface area contributed by atoms with Crippen molar-refractivity contribution in [3.8, 4) is 0 Å². The van der Waals surface area contributed by atoms with Gasteiger partial charge in [-0.25, -0.2) is 9.18 Å². The third-order valence-corrected chi connectivity index (χ3v) is 1.34. The van der Waals surface area contributed by atoms with Crippen molar-refractivity contribution in [1.82, 2.24) is 5.32 Å². The molecule has 0 radical (unpaired) electrons. The number of halogens is 1. The second-order valence-electron chi connectivity index (χ2n) is 2.22. The lowest BCUT2D eigenvalue weighted by Crippen LogP contribution is -2.23.